The maximum absolute atomic E-state index is 12.4. The van der Waals surface area contributed by atoms with Crippen molar-refractivity contribution in [2.75, 3.05) is 44.6 Å². The third-order valence-corrected chi connectivity index (χ3v) is 14.4. The molecule has 9 nitrogen and oxygen atoms in total. The summed E-state index contributed by atoms with van der Waals surface area (Å²) < 4.78 is 2.09. The molecule has 2 heterocycles. The second kappa shape index (κ2) is 13.0. The lowest BCUT2D eigenvalue weighted by molar-refractivity contribution is -0.462. The summed E-state index contributed by atoms with van der Waals surface area (Å²) in [5, 5.41) is 13.2. The Bertz CT molecular complexity index is 1710. The van der Waals surface area contributed by atoms with Gasteiger partial charge in [0.2, 0.25) is 0 Å². The van der Waals surface area contributed by atoms with Crippen LogP contribution in [0, 0.1) is 0 Å². The predicted molar refractivity (Wildman–Crippen MR) is 180 cm³/mol. The van der Waals surface area contributed by atoms with E-state index in [9.17, 15) is 24.3 Å². The van der Waals surface area contributed by atoms with Crippen molar-refractivity contribution >= 4 is 65.7 Å². The van der Waals surface area contributed by atoms with E-state index in [4.69, 9.17) is 4.84 Å². The summed E-state index contributed by atoms with van der Waals surface area (Å²) in [5.41, 5.74) is 6.16. The molecule has 1 aliphatic carbocycles. The minimum atomic E-state index is -2.43. The molecule has 2 amide bonds. The molecule has 234 valence electrons. The van der Waals surface area contributed by atoms with Gasteiger partial charge >= 0.3 is 11.9 Å². The molecule has 45 heavy (non-hydrogen) atoms. The number of allylic oxidation sites excluding steroid dienone is 5. The van der Waals surface area contributed by atoms with Gasteiger partial charge in [-0.2, -0.15) is 11.8 Å². The van der Waals surface area contributed by atoms with Gasteiger partial charge in [0.1, 0.15) is 22.2 Å². The first kappa shape index (κ1) is 32.2. The Morgan fingerprint density at radius 1 is 1.02 bits per heavy atom. The molecule has 11 heteroatoms. The van der Waals surface area contributed by atoms with Crippen molar-refractivity contribution in [3.8, 4) is 0 Å². The fourth-order valence-electron chi connectivity index (χ4n) is 6.05. The Kier molecular flexibility index (Phi) is 9.31. The third-order valence-electron chi connectivity index (χ3n) is 8.59. The zero-order valence-corrected chi connectivity index (χ0v) is 28.1. The Labute approximate surface area is 268 Å². The van der Waals surface area contributed by atoms with Crippen LogP contribution in [0.3, 0.4) is 0 Å². The highest BCUT2D eigenvalue weighted by atomic mass is 32.2. The molecule has 2 aromatic rings. The number of carboxylic acid groups (broad SMARTS) is 1. The third kappa shape index (κ3) is 6.32. The highest BCUT2D eigenvalue weighted by Gasteiger charge is 2.44. The number of carbonyl (C=O) groups is 4. The maximum Gasteiger partial charge on any atom is 0.336 e. The van der Waals surface area contributed by atoms with Gasteiger partial charge in [0, 0.05) is 50.5 Å². The zero-order chi connectivity index (χ0) is 32.5. The van der Waals surface area contributed by atoms with Crippen LogP contribution in [0.1, 0.15) is 40.7 Å². The second-order valence-corrected chi connectivity index (χ2v) is 17.4. The van der Waals surface area contributed by atoms with Crippen LogP contribution in [-0.4, -0.2) is 92.0 Å². The van der Waals surface area contributed by atoms with Crippen molar-refractivity contribution in [2.45, 2.75) is 31.9 Å². The standard InChI is InChI=1S/C34H37N3O6SSi/c1-35(2)22-10-12-26-28(20-22)45(5,19-18-44-17-16-32(40)43-37-30(38)14-15-31(37)39)29-21-23(36(3)4)11-13-27(29)33(26)24-8-6-7-9-25(24)34(41)42/h6-13,20-21H,14-19H2,1-5H3/p+1. The molecular formula is C34H38N3O6SSi+. The van der Waals surface area contributed by atoms with Crippen molar-refractivity contribution in [3.05, 3.63) is 88.2 Å². The van der Waals surface area contributed by atoms with Crippen LogP contribution in [0.4, 0.5) is 5.69 Å². The number of fused-ring (bicyclic) bond motifs is 2. The van der Waals surface area contributed by atoms with Gasteiger partial charge in [-0.25, -0.2) is 14.2 Å². The lowest BCUT2D eigenvalue weighted by Crippen LogP contribution is -2.52. The Hall–Kier alpha value is -4.22. The number of nitrogens with zero attached hydrogens (tertiary/aromatic N) is 3. The van der Waals surface area contributed by atoms with E-state index in [1.54, 1.807) is 23.9 Å². The van der Waals surface area contributed by atoms with E-state index in [-0.39, 0.29) is 24.8 Å². The number of carbonyl (C=O) groups excluding carboxylic acids is 3. The molecule has 2 aromatic carbocycles. The van der Waals surface area contributed by atoms with Crippen LogP contribution in [0.25, 0.3) is 5.57 Å². The molecule has 0 saturated carbocycles. The van der Waals surface area contributed by atoms with E-state index < -0.39 is 31.8 Å². The molecule has 5 rings (SSSR count). The van der Waals surface area contributed by atoms with Crippen LogP contribution < -0.4 is 10.1 Å². The van der Waals surface area contributed by atoms with Crippen LogP contribution in [0.5, 0.6) is 0 Å². The Morgan fingerprint density at radius 2 is 1.73 bits per heavy atom. The number of anilines is 1. The molecular weight excluding hydrogens is 607 g/mol. The average molecular weight is 645 g/mol. The summed E-state index contributed by atoms with van der Waals surface area (Å²) in [4.78, 5) is 55.5. The van der Waals surface area contributed by atoms with E-state index in [0.717, 1.165) is 39.9 Å². The number of hydrogen-bond acceptors (Lipinski definition) is 7. The van der Waals surface area contributed by atoms with Gasteiger partial charge in [0.25, 0.3) is 11.8 Å². The fourth-order valence-corrected chi connectivity index (χ4v) is 12.1. The minimum absolute atomic E-state index is 0.0686. The first-order valence-corrected chi connectivity index (χ1v) is 18.8. The van der Waals surface area contributed by atoms with Crippen LogP contribution in [0.15, 0.2) is 71.5 Å². The van der Waals surface area contributed by atoms with Gasteiger partial charge in [0.15, 0.2) is 5.71 Å². The highest BCUT2D eigenvalue weighted by molar-refractivity contribution is 7.99. The number of hydroxylamine groups is 2. The summed E-state index contributed by atoms with van der Waals surface area (Å²) in [6.45, 7) is 2.38. The second-order valence-electron chi connectivity index (χ2n) is 12.0. The summed E-state index contributed by atoms with van der Waals surface area (Å²) >= 11 is 1.65. The van der Waals surface area contributed by atoms with E-state index in [0.29, 0.717) is 16.4 Å². The number of carboxylic acids is 1. The molecule has 1 atom stereocenters. The van der Waals surface area contributed by atoms with Gasteiger partial charge < -0.3 is 14.8 Å². The van der Waals surface area contributed by atoms with Gasteiger partial charge in [-0.15, -0.1) is 5.06 Å². The number of thioether (sulfide) groups is 1. The summed E-state index contributed by atoms with van der Waals surface area (Å²) in [6.07, 6.45) is 6.72. The van der Waals surface area contributed by atoms with Crippen LogP contribution >= 0.6 is 11.8 Å². The SMILES string of the molecule is CN(C)c1ccc2c(c1)[Si](C)(CCSCCC(=O)ON1C(=O)CCC1=O)C1=CC(=[N+](C)C)C=CC1=C2c1ccccc1C(=O)O. The average Bonchev–Trinajstić information content (AvgIpc) is 3.33. The fraction of sp³-hybridized carbons (Fsp3) is 0.324. The van der Waals surface area contributed by atoms with E-state index >= 15 is 0 Å². The summed E-state index contributed by atoms with van der Waals surface area (Å²) in [6, 6.07) is 14.6. The van der Waals surface area contributed by atoms with Gasteiger partial charge in [-0.05, 0) is 68.7 Å². The van der Waals surface area contributed by atoms with Crippen molar-refractivity contribution in [1.82, 2.24) is 5.06 Å². The lowest BCUT2D eigenvalue weighted by atomic mass is 9.87. The monoisotopic (exact) mass is 644 g/mol. The molecule has 0 bridgehead atoms. The van der Waals surface area contributed by atoms with Gasteiger partial charge in [-0.3, -0.25) is 9.59 Å². The van der Waals surface area contributed by atoms with E-state index in [1.807, 2.05) is 40.3 Å². The maximum atomic E-state index is 12.4. The van der Waals surface area contributed by atoms with Gasteiger partial charge in [-0.1, -0.05) is 30.8 Å². The largest absolute Gasteiger partial charge is 0.478 e. The number of imide groups is 1. The molecule has 1 N–H and O–H groups in total. The molecule has 1 fully saturated rings. The smallest absolute Gasteiger partial charge is 0.336 e. The molecule has 0 aromatic heterocycles. The Morgan fingerprint density at radius 3 is 2.40 bits per heavy atom. The number of aromatic carboxylic acids is 1. The van der Waals surface area contributed by atoms with Crippen molar-refractivity contribution in [2.24, 2.45) is 0 Å². The normalized spacial score (nSPS) is 18.9. The van der Waals surface area contributed by atoms with Crippen LogP contribution in [0.2, 0.25) is 12.6 Å². The molecule has 2 aliphatic heterocycles. The number of amides is 2. The van der Waals surface area contributed by atoms with Crippen molar-refractivity contribution < 1.29 is 33.7 Å². The minimum Gasteiger partial charge on any atom is -0.478 e. The topological polar surface area (TPSA) is 107 Å². The molecule has 1 saturated heterocycles. The zero-order valence-electron chi connectivity index (χ0n) is 26.3. The van der Waals surface area contributed by atoms with E-state index in [2.05, 4.69) is 52.4 Å². The Balaban J connectivity index is 1.50. The van der Waals surface area contributed by atoms with Crippen molar-refractivity contribution in [1.29, 1.82) is 0 Å². The van der Waals surface area contributed by atoms with Crippen LogP contribution in [-0.2, 0) is 19.2 Å². The summed E-state index contributed by atoms with van der Waals surface area (Å²) in [5.74, 6) is -1.23. The lowest BCUT2D eigenvalue weighted by Gasteiger charge is -2.40. The predicted octanol–water partition coefficient (Wildman–Crippen LogP) is 4.03. The number of benzene rings is 2. The molecule has 3 aliphatic rings. The molecule has 1 unspecified atom stereocenters. The van der Waals surface area contributed by atoms with Gasteiger partial charge in [0.05, 0.1) is 12.0 Å². The number of hydrogen-bond donors (Lipinski definition) is 1. The quantitative estimate of drug-likeness (QED) is 0.179. The molecule has 0 radical (unpaired) electrons. The molecule has 0 spiro atoms. The summed E-state index contributed by atoms with van der Waals surface area (Å²) in [7, 11) is 5.64. The first-order chi connectivity index (χ1) is 21.4. The van der Waals surface area contributed by atoms with E-state index in [1.165, 1.54) is 10.4 Å². The first-order valence-electron chi connectivity index (χ1n) is 14.9. The number of rotatable bonds is 10. The van der Waals surface area contributed by atoms with Crippen molar-refractivity contribution in [3.63, 3.8) is 0 Å². The highest BCUT2D eigenvalue weighted by Crippen LogP contribution is 2.44.